The molecule has 0 aliphatic carbocycles. The molecule has 0 N–H and O–H groups in total. The zero-order chi connectivity index (χ0) is 6.69. The molecule has 1 aliphatic rings. The molecule has 0 aromatic carbocycles. The molecule has 1 rings (SSSR count). The van der Waals surface area contributed by atoms with Crippen molar-refractivity contribution in [2.24, 2.45) is 0 Å². The lowest BCUT2D eigenvalue weighted by molar-refractivity contribution is 0.696. The van der Waals surface area contributed by atoms with Crippen LogP contribution in [-0.4, -0.2) is 11.3 Å². The van der Waals surface area contributed by atoms with Crippen molar-refractivity contribution in [2.45, 2.75) is 50.8 Å². The third-order valence-electron chi connectivity index (χ3n) is 2.32. The highest BCUT2D eigenvalue weighted by atomic mass is 31.1. The Hall–Kier alpha value is 0.430. The van der Waals surface area contributed by atoms with Crippen LogP contribution in [0.5, 0.6) is 0 Å². The number of rotatable bonds is 2. The van der Waals surface area contributed by atoms with Gasteiger partial charge < -0.3 is 0 Å². The van der Waals surface area contributed by atoms with E-state index in [2.05, 4.69) is 13.8 Å². The van der Waals surface area contributed by atoms with Gasteiger partial charge in [-0.15, -0.1) is 8.58 Å². The quantitative estimate of drug-likeness (QED) is 0.522. The minimum atomic E-state index is 1.11. The second kappa shape index (κ2) is 3.56. The first-order valence-electron chi connectivity index (χ1n) is 4.12. The summed E-state index contributed by atoms with van der Waals surface area (Å²) in [4.78, 5) is 0. The number of hydrogen-bond donors (Lipinski definition) is 0. The largest absolute Gasteiger partial charge is 0.116 e. The van der Waals surface area contributed by atoms with E-state index in [9.17, 15) is 0 Å². The van der Waals surface area contributed by atoms with E-state index in [1.54, 1.807) is 0 Å². The van der Waals surface area contributed by atoms with E-state index in [-0.39, 0.29) is 0 Å². The molecule has 0 aromatic rings. The normalized spacial score (nSPS) is 35.3. The van der Waals surface area contributed by atoms with Gasteiger partial charge >= 0.3 is 0 Å². The molecule has 0 nitrogen and oxygen atoms in total. The summed E-state index contributed by atoms with van der Waals surface area (Å²) in [5.74, 6) is 0. The van der Waals surface area contributed by atoms with E-state index in [0.29, 0.717) is 0 Å². The van der Waals surface area contributed by atoms with Crippen LogP contribution in [0.4, 0.5) is 0 Å². The van der Waals surface area contributed by atoms with Gasteiger partial charge in [0.2, 0.25) is 0 Å². The molecule has 0 saturated carbocycles. The Balaban J connectivity index is 2.20. The molecule has 9 heavy (non-hydrogen) atoms. The van der Waals surface area contributed by atoms with Crippen molar-refractivity contribution >= 4 is 8.58 Å². The van der Waals surface area contributed by atoms with Crippen molar-refractivity contribution in [3.63, 3.8) is 0 Å². The van der Waals surface area contributed by atoms with E-state index in [1.807, 2.05) is 0 Å². The summed E-state index contributed by atoms with van der Waals surface area (Å²) >= 11 is 0. The fourth-order valence-corrected chi connectivity index (χ4v) is 3.35. The molecular weight excluding hydrogens is 127 g/mol. The summed E-state index contributed by atoms with van der Waals surface area (Å²) in [7, 11) is 1.29. The first-order valence-corrected chi connectivity index (χ1v) is 5.28. The van der Waals surface area contributed by atoms with Gasteiger partial charge in [-0.2, -0.15) is 0 Å². The monoisotopic (exact) mass is 144 g/mol. The first kappa shape index (κ1) is 7.54. The summed E-state index contributed by atoms with van der Waals surface area (Å²) in [5.41, 5.74) is 2.21. The molecule has 1 aliphatic heterocycles. The average molecular weight is 144 g/mol. The van der Waals surface area contributed by atoms with Crippen molar-refractivity contribution in [1.82, 2.24) is 0 Å². The van der Waals surface area contributed by atoms with Crippen LogP contribution in [0.15, 0.2) is 0 Å². The van der Waals surface area contributed by atoms with Crippen LogP contribution in [0.3, 0.4) is 0 Å². The van der Waals surface area contributed by atoms with Gasteiger partial charge in [-0.25, -0.2) is 0 Å². The lowest BCUT2D eigenvalue weighted by atomic mass is 10.1. The fraction of sp³-hybridized carbons (Fsp3) is 1.00. The molecule has 0 amide bonds. The van der Waals surface area contributed by atoms with Gasteiger partial charge in [-0.05, 0) is 37.0 Å². The van der Waals surface area contributed by atoms with E-state index in [1.165, 1.54) is 34.3 Å². The molecule has 54 valence electrons. The lowest BCUT2D eigenvalue weighted by Gasteiger charge is -2.05. The Morgan fingerprint density at radius 3 is 1.78 bits per heavy atom. The van der Waals surface area contributed by atoms with E-state index >= 15 is 0 Å². The Morgan fingerprint density at radius 2 is 1.56 bits per heavy atom. The zero-order valence-corrected chi connectivity index (χ0v) is 7.48. The van der Waals surface area contributed by atoms with E-state index < -0.39 is 0 Å². The standard InChI is InChI=1S/C8H17P/c1-3-7-5-6-8(4-2)9-7/h7-9H,3-6H2,1-2H3/t7-,8-/m0/s1. The maximum absolute atomic E-state index is 2.33. The first-order chi connectivity index (χ1) is 4.36. The smallest absolute Gasteiger partial charge is 0.0237 e. The lowest BCUT2D eigenvalue weighted by Crippen LogP contribution is -1.90. The molecule has 0 bridgehead atoms. The molecule has 1 fully saturated rings. The van der Waals surface area contributed by atoms with Crippen LogP contribution >= 0.6 is 8.58 Å². The van der Waals surface area contributed by atoms with Crippen LogP contribution in [-0.2, 0) is 0 Å². The highest BCUT2D eigenvalue weighted by molar-refractivity contribution is 7.40. The average Bonchev–Trinajstić information content (AvgIpc) is 2.34. The molecule has 2 atom stereocenters. The molecular formula is C8H17P. The Kier molecular flexibility index (Phi) is 2.98. The van der Waals surface area contributed by atoms with Gasteiger partial charge in [0.1, 0.15) is 0 Å². The summed E-state index contributed by atoms with van der Waals surface area (Å²) in [6.45, 7) is 4.66. The van der Waals surface area contributed by atoms with Gasteiger partial charge in [0, 0.05) is 0 Å². The molecule has 0 unspecified atom stereocenters. The highest BCUT2D eigenvalue weighted by Crippen LogP contribution is 2.42. The highest BCUT2D eigenvalue weighted by Gasteiger charge is 2.20. The third kappa shape index (κ3) is 1.93. The van der Waals surface area contributed by atoms with Crippen molar-refractivity contribution in [1.29, 1.82) is 0 Å². The second-order valence-corrected chi connectivity index (χ2v) is 4.92. The van der Waals surface area contributed by atoms with Gasteiger partial charge in [-0.1, -0.05) is 13.8 Å². The summed E-state index contributed by atoms with van der Waals surface area (Å²) in [5, 5.41) is 0. The molecule has 0 spiro atoms. The van der Waals surface area contributed by atoms with Crippen molar-refractivity contribution in [2.75, 3.05) is 0 Å². The zero-order valence-electron chi connectivity index (χ0n) is 6.48. The van der Waals surface area contributed by atoms with Gasteiger partial charge in [0.15, 0.2) is 0 Å². The predicted octanol–water partition coefficient (Wildman–Crippen LogP) is 3.02. The van der Waals surface area contributed by atoms with Gasteiger partial charge in [0.25, 0.3) is 0 Å². The minimum Gasteiger partial charge on any atom is -0.116 e. The number of hydrogen-bond acceptors (Lipinski definition) is 0. The summed E-state index contributed by atoms with van der Waals surface area (Å²) in [6.07, 6.45) is 5.89. The molecule has 1 saturated heterocycles. The van der Waals surface area contributed by atoms with Crippen LogP contribution < -0.4 is 0 Å². The van der Waals surface area contributed by atoms with Gasteiger partial charge in [-0.3, -0.25) is 0 Å². The molecule has 1 heterocycles. The minimum absolute atomic E-state index is 1.11. The maximum Gasteiger partial charge on any atom is -0.0237 e. The van der Waals surface area contributed by atoms with Crippen LogP contribution in [0.2, 0.25) is 0 Å². The maximum atomic E-state index is 2.33. The Labute approximate surface area is 60.2 Å². The van der Waals surface area contributed by atoms with Crippen LogP contribution in [0.25, 0.3) is 0 Å². The Bertz CT molecular complexity index is 70.6. The Morgan fingerprint density at radius 1 is 1.11 bits per heavy atom. The summed E-state index contributed by atoms with van der Waals surface area (Å²) < 4.78 is 0. The third-order valence-corrected chi connectivity index (χ3v) is 4.66. The predicted molar refractivity (Wildman–Crippen MR) is 45.7 cm³/mol. The summed E-state index contributed by atoms with van der Waals surface area (Å²) in [6, 6.07) is 0. The molecule has 0 radical (unpaired) electrons. The van der Waals surface area contributed by atoms with Crippen LogP contribution in [0, 0.1) is 0 Å². The van der Waals surface area contributed by atoms with E-state index in [4.69, 9.17) is 0 Å². The van der Waals surface area contributed by atoms with Crippen molar-refractivity contribution in [3.8, 4) is 0 Å². The van der Waals surface area contributed by atoms with Crippen molar-refractivity contribution < 1.29 is 0 Å². The topological polar surface area (TPSA) is 0 Å². The second-order valence-electron chi connectivity index (χ2n) is 2.95. The van der Waals surface area contributed by atoms with Crippen LogP contribution in [0.1, 0.15) is 39.5 Å². The SMILES string of the molecule is CC[C@H]1CC[C@H](CC)P1. The van der Waals surface area contributed by atoms with Gasteiger partial charge in [0.05, 0.1) is 0 Å². The van der Waals surface area contributed by atoms with E-state index in [0.717, 1.165) is 11.3 Å². The fourth-order valence-electron chi connectivity index (χ4n) is 1.55. The molecule has 0 aromatic heterocycles. The van der Waals surface area contributed by atoms with Crippen molar-refractivity contribution in [3.05, 3.63) is 0 Å². The molecule has 1 heteroatoms.